The number of hydrogen-bond donors (Lipinski definition) is 1. The van der Waals surface area contributed by atoms with Gasteiger partial charge in [0.1, 0.15) is 5.75 Å². The normalized spacial score (nSPS) is 10.8. The number of hydrazine groups is 1. The summed E-state index contributed by atoms with van der Waals surface area (Å²) in [7, 11) is 2.00. The van der Waals surface area contributed by atoms with Crippen LogP contribution in [-0.4, -0.2) is 18.0 Å². The van der Waals surface area contributed by atoms with Crippen LogP contribution in [0.25, 0.3) is 10.8 Å². The number of nitrogens with zero attached hydrogens (tertiary/aromatic N) is 1. The molecule has 3 aromatic rings. The van der Waals surface area contributed by atoms with E-state index in [2.05, 4.69) is 47.9 Å². The Morgan fingerprint density at radius 2 is 1.71 bits per heavy atom. The Bertz CT molecular complexity index is 838. The fourth-order valence-electron chi connectivity index (χ4n) is 2.71. The molecule has 24 heavy (non-hydrogen) atoms. The number of hydrogen-bond acceptors (Lipinski definition) is 4. The van der Waals surface area contributed by atoms with Crippen molar-refractivity contribution in [2.24, 2.45) is 0 Å². The van der Waals surface area contributed by atoms with E-state index in [9.17, 15) is 4.79 Å². The molecule has 0 aliphatic rings. The smallest absolute Gasteiger partial charge is 0.308 e. The van der Waals surface area contributed by atoms with Gasteiger partial charge < -0.3 is 10.2 Å². The van der Waals surface area contributed by atoms with Gasteiger partial charge in [0.05, 0.1) is 0 Å². The van der Waals surface area contributed by atoms with Crippen molar-refractivity contribution in [3.8, 4) is 5.75 Å². The molecule has 4 nitrogen and oxygen atoms in total. The van der Waals surface area contributed by atoms with Crippen LogP contribution in [-0.2, 0) is 11.3 Å². The van der Waals surface area contributed by atoms with Gasteiger partial charge in [-0.05, 0) is 40.6 Å². The van der Waals surface area contributed by atoms with Gasteiger partial charge in [-0.25, -0.2) is 5.01 Å². The van der Waals surface area contributed by atoms with Crippen molar-refractivity contribution in [2.75, 3.05) is 12.5 Å². The van der Waals surface area contributed by atoms with E-state index in [0.29, 0.717) is 5.75 Å². The van der Waals surface area contributed by atoms with Crippen LogP contribution in [0.15, 0.2) is 66.7 Å². The van der Waals surface area contributed by atoms with E-state index in [1.54, 1.807) is 12.1 Å². The van der Waals surface area contributed by atoms with E-state index in [0.717, 1.165) is 12.2 Å². The van der Waals surface area contributed by atoms with Crippen molar-refractivity contribution in [2.45, 2.75) is 13.5 Å². The van der Waals surface area contributed by atoms with Crippen molar-refractivity contribution < 1.29 is 9.53 Å². The minimum Gasteiger partial charge on any atom is -0.427 e. The predicted molar refractivity (Wildman–Crippen MR) is 96.8 cm³/mol. The maximum absolute atomic E-state index is 10.9. The summed E-state index contributed by atoms with van der Waals surface area (Å²) in [6, 6.07) is 22.1. The lowest BCUT2D eigenvalue weighted by Gasteiger charge is -2.20. The van der Waals surface area contributed by atoms with Crippen LogP contribution in [0.1, 0.15) is 12.5 Å². The summed E-state index contributed by atoms with van der Waals surface area (Å²) < 4.78 is 5.04. The second kappa shape index (κ2) is 7.15. The molecule has 0 fully saturated rings. The largest absolute Gasteiger partial charge is 0.427 e. The first-order valence-corrected chi connectivity index (χ1v) is 7.85. The van der Waals surface area contributed by atoms with E-state index < -0.39 is 0 Å². The van der Waals surface area contributed by atoms with Crippen molar-refractivity contribution >= 4 is 22.4 Å². The molecule has 122 valence electrons. The Morgan fingerprint density at radius 3 is 2.46 bits per heavy atom. The monoisotopic (exact) mass is 320 g/mol. The second-order valence-electron chi connectivity index (χ2n) is 5.72. The van der Waals surface area contributed by atoms with Gasteiger partial charge in [0.2, 0.25) is 0 Å². The highest BCUT2D eigenvalue weighted by Crippen LogP contribution is 2.21. The first-order chi connectivity index (χ1) is 11.6. The predicted octanol–water partition coefficient (Wildman–Crippen LogP) is 4.22. The highest BCUT2D eigenvalue weighted by molar-refractivity contribution is 5.85. The molecule has 0 spiro atoms. The fraction of sp³-hybridized carbons (Fsp3) is 0.150. The molecule has 0 unspecified atom stereocenters. The number of nitrogens with one attached hydrogen (secondary N) is 1. The Morgan fingerprint density at radius 1 is 1.00 bits per heavy atom. The molecule has 0 aliphatic carbocycles. The average Bonchev–Trinajstić information content (AvgIpc) is 2.56. The third-order valence-corrected chi connectivity index (χ3v) is 3.72. The van der Waals surface area contributed by atoms with Crippen LogP contribution in [0.3, 0.4) is 0 Å². The summed E-state index contributed by atoms with van der Waals surface area (Å²) in [4.78, 5) is 10.9. The third-order valence-electron chi connectivity index (χ3n) is 3.72. The number of benzene rings is 3. The lowest BCUT2D eigenvalue weighted by molar-refractivity contribution is -0.131. The van der Waals surface area contributed by atoms with Crippen molar-refractivity contribution in [1.82, 2.24) is 5.01 Å². The van der Waals surface area contributed by atoms with Gasteiger partial charge in [-0.3, -0.25) is 4.79 Å². The quantitative estimate of drug-likeness (QED) is 0.434. The molecule has 0 aliphatic heterocycles. The Labute approximate surface area is 141 Å². The minimum atomic E-state index is -0.316. The summed E-state index contributed by atoms with van der Waals surface area (Å²) in [6.07, 6.45) is 0. The maximum atomic E-state index is 10.9. The Hall–Kier alpha value is -2.85. The summed E-state index contributed by atoms with van der Waals surface area (Å²) in [5.41, 5.74) is 5.53. The average molecular weight is 320 g/mol. The number of fused-ring (bicyclic) bond motifs is 1. The van der Waals surface area contributed by atoms with Crippen molar-refractivity contribution in [1.29, 1.82) is 0 Å². The first-order valence-electron chi connectivity index (χ1n) is 7.85. The molecular weight excluding hydrogens is 300 g/mol. The molecule has 0 saturated carbocycles. The van der Waals surface area contributed by atoms with Crippen molar-refractivity contribution in [3.05, 3.63) is 72.3 Å². The SMILES string of the molecule is CC(=O)Oc1ccc(NN(C)Cc2cccc3ccccc23)cc1. The molecule has 0 bridgehead atoms. The van der Waals surface area contributed by atoms with E-state index in [4.69, 9.17) is 4.74 Å². The van der Waals surface area contributed by atoms with Crippen LogP contribution in [0.5, 0.6) is 5.75 Å². The van der Waals surface area contributed by atoms with Gasteiger partial charge in [-0.15, -0.1) is 0 Å². The molecule has 1 N–H and O–H groups in total. The van der Waals surface area contributed by atoms with Gasteiger partial charge in [0, 0.05) is 26.2 Å². The standard InChI is InChI=1S/C20H20N2O2/c1-15(23)24-19-12-10-18(11-13-19)21-22(2)14-17-8-5-7-16-6-3-4-9-20(16)17/h3-13,21H,14H2,1-2H3. The minimum absolute atomic E-state index is 0.316. The Balaban J connectivity index is 1.68. The van der Waals surface area contributed by atoms with Crippen molar-refractivity contribution in [3.63, 3.8) is 0 Å². The highest BCUT2D eigenvalue weighted by Gasteiger charge is 2.05. The molecule has 4 heteroatoms. The summed E-state index contributed by atoms with van der Waals surface area (Å²) in [6.45, 7) is 2.16. The molecule has 0 amide bonds. The molecule has 0 saturated heterocycles. The van der Waals surface area contributed by atoms with Gasteiger partial charge in [0.15, 0.2) is 0 Å². The second-order valence-corrected chi connectivity index (χ2v) is 5.72. The van der Waals surface area contributed by atoms with Gasteiger partial charge in [0.25, 0.3) is 0 Å². The molecular formula is C20H20N2O2. The number of rotatable bonds is 5. The van der Waals surface area contributed by atoms with Gasteiger partial charge in [-0.2, -0.15) is 0 Å². The third kappa shape index (κ3) is 3.91. The molecule has 0 atom stereocenters. The molecule has 0 aromatic heterocycles. The van der Waals surface area contributed by atoms with Crippen LogP contribution in [0.2, 0.25) is 0 Å². The van der Waals surface area contributed by atoms with Gasteiger partial charge >= 0.3 is 5.97 Å². The summed E-state index contributed by atoms with van der Waals surface area (Å²) in [5, 5.41) is 4.54. The number of carbonyl (C=O) groups excluding carboxylic acids is 1. The highest BCUT2D eigenvalue weighted by atomic mass is 16.5. The van der Waals surface area contributed by atoms with E-state index in [1.807, 2.05) is 24.2 Å². The van der Waals surface area contributed by atoms with Crippen LogP contribution in [0, 0.1) is 0 Å². The summed E-state index contributed by atoms with van der Waals surface area (Å²) in [5.74, 6) is 0.230. The maximum Gasteiger partial charge on any atom is 0.308 e. The first kappa shape index (κ1) is 16.0. The molecule has 3 rings (SSSR count). The topological polar surface area (TPSA) is 41.6 Å². The zero-order chi connectivity index (χ0) is 16.9. The van der Waals surface area contributed by atoms with Gasteiger partial charge in [-0.1, -0.05) is 42.5 Å². The molecule has 0 heterocycles. The Kier molecular flexibility index (Phi) is 4.77. The van der Waals surface area contributed by atoms with Crippen LogP contribution < -0.4 is 10.2 Å². The number of ether oxygens (including phenoxy) is 1. The zero-order valence-electron chi connectivity index (χ0n) is 13.8. The number of carbonyl (C=O) groups is 1. The van der Waals surface area contributed by atoms with E-state index >= 15 is 0 Å². The van der Waals surface area contributed by atoms with E-state index in [1.165, 1.54) is 23.3 Å². The fourth-order valence-corrected chi connectivity index (χ4v) is 2.71. The van der Waals surface area contributed by atoms with Crippen LogP contribution >= 0.6 is 0 Å². The number of esters is 1. The lowest BCUT2D eigenvalue weighted by atomic mass is 10.0. The molecule has 0 radical (unpaired) electrons. The number of anilines is 1. The van der Waals surface area contributed by atoms with E-state index in [-0.39, 0.29) is 5.97 Å². The summed E-state index contributed by atoms with van der Waals surface area (Å²) >= 11 is 0. The zero-order valence-corrected chi connectivity index (χ0v) is 13.8. The molecule has 3 aromatic carbocycles. The van der Waals surface area contributed by atoms with Crippen LogP contribution in [0.4, 0.5) is 5.69 Å². The lowest BCUT2D eigenvalue weighted by Crippen LogP contribution is -2.24.